The molecule has 0 saturated carbocycles. The quantitative estimate of drug-likeness (QED) is 0.744. The molecule has 3 nitrogen and oxygen atoms in total. The third-order valence-corrected chi connectivity index (χ3v) is 3.70. The number of rotatable bonds is 4. The van der Waals surface area contributed by atoms with Crippen LogP contribution >= 0.6 is 11.6 Å². The zero-order valence-electron chi connectivity index (χ0n) is 12.2. The minimum atomic E-state index is 0.351. The summed E-state index contributed by atoms with van der Waals surface area (Å²) in [5, 5.41) is 4.14. The Morgan fingerprint density at radius 2 is 1.90 bits per heavy atom. The van der Waals surface area contributed by atoms with Gasteiger partial charge in [0.25, 0.3) is 0 Å². The first-order chi connectivity index (χ1) is 10.1. The molecule has 1 aromatic heterocycles. The van der Waals surface area contributed by atoms with Crippen molar-refractivity contribution in [2.24, 2.45) is 0 Å². The smallest absolute Gasteiger partial charge is 0.129 e. The minimum Gasteiger partial charge on any atom is -0.378 e. The van der Waals surface area contributed by atoms with Gasteiger partial charge in [0.15, 0.2) is 0 Å². The van der Waals surface area contributed by atoms with Crippen LogP contribution < -0.4 is 5.32 Å². The predicted molar refractivity (Wildman–Crippen MR) is 88.9 cm³/mol. The summed E-state index contributed by atoms with van der Waals surface area (Å²) in [5.74, 6) is 1.02. The number of fused-ring (bicyclic) bond motifs is 1. The molecule has 0 bridgehead atoms. The van der Waals surface area contributed by atoms with E-state index in [1.54, 1.807) is 0 Å². The second-order valence-electron chi connectivity index (χ2n) is 5.34. The standard InChI is InChI=1S/C17H18ClN3/c1-12(2)21-16-9-8-13(18)10-15(16)20-17(21)11-19-14-6-4-3-5-7-14/h3-10,12,19H,11H2,1-2H3. The van der Waals surface area contributed by atoms with E-state index in [-0.39, 0.29) is 0 Å². The van der Waals surface area contributed by atoms with E-state index < -0.39 is 0 Å². The number of hydrogen-bond acceptors (Lipinski definition) is 2. The second kappa shape index (κ2) is 5.78. The van der Waals surface area contributed by atoms with Crippen LogP contribution in [0.15, 0.2) is 48.5 Å². The number of imidazole rings is 1. The average Bonchev–Trinajstić information content (AvgIpc) is 2.83. The van der Waals surface area contributed by atoms with E-state index in [0.717, 1.165) is 27.6 Å². The molecule has 1 N–H and O–H groups in total. The van der Waals surface area contributed by atoms with Gasteiger partial charge in [0.1, 0.15) is 5.82 Å². The number of benzene rings is 2. The van der Waals surface area contributed by atoms with E-state index in [4.69, 9.17) is 16.6 Å². The Bertz CT molecular complexity index is 747. The van der Waals surface area contributed by atoms with Crippen LogP contribution in [0.4, 0.5) is 5.69 Å². The van der Waals surface area contributed by atoms with Crippen LogP contribution in [0.3, 0.4) is 0 Å². The Morgan fingerprint density at radius 1 is 1.14 bits per heavy atom. The maximum atomic E-state index is 6.07. The van der Waals surface area contributed by atoms with Crippen LogP contribution in [-0.4, -0.2) is 9.55 Å². The number of hydrogen-bond donors (Lipinski definition) is 1. The maximum absolute atomic E-state index is 6.07. The Hall–Kier alpha value is -2.00. The van der Waals surface area contributed by atoms with Crippen LogP contribution in [0.1, 0.15) is 25.7 Å². The lowest BCUT2D eigenvalue weighted by Crippen LogP contribution is -2.10. The van der Waals surface area contributed by atoms with Gasteiger partial charge in [0.05, 0.1) is 17.6 Å². The minimum absolute atomic E-state index is 0.351. The molecule has 0 amide bonds. The normalized spacial score (nSPS) is 11.2. The molecular formula is C17H18ClN3. The number of nitrogens with one attached hydrogen (secondary N) is 1. The number of aromatic nitrogens is 2. The van der Waals surface area contributed by atoms with Crippen molar-refractivity contribution in [3.63, 3.8) is 0 Å². The molecule has 0 unspecified atom stereocenters. The first-order valence-electron chi connectivity index (χ1n) is 7.10. The molecule has 4 heteroatoms. The maximum Gasteiger partial charge on any atom is 0.129 e. The molecule has 0 atom stereocenters. The van der Waals surface area contributed by atoms with Gasteiger partial charge < -0.3 is 9.88 Å². The fourth-order valence-electron chi connectivity index (χ4n) is 2.56. The lowest BCUT2D eigenvalue weighted by atomic mass is 10.3. The molecule has 0 spiro atoms. The Balaban J connectivity index is 1.95. The summed E-state index contributed by atoms with van der Waals surface area (Å²) in [6.07, 6.45) is 0. The van der Waals surface area contributed by atoms with Crippen LogP contribution in [0.5, 0.6) is 0 Å². The number of para-hydroxylation sites is 1. The second-order valence-corrected chi connectivity index (χ2v) is 5.78. The molecule has 0 aliphatic rings. The highest BCUT2D eigenvalue weighted by molar-refractivity contribution is 6.31. The number of anilines is 1. The molecule has 1 heterocycles. The van der Waals surface area contributed by atoms with E-state index in [1.165, 1.54) is 0 Å². The number of nitrogens with zero attached hydrogens (tertiary/aromatic N) is 2. The first kappa shape index (κ1) is 14.0. The largest absolute Gasteiger partial charge is 0.378 e. The van der Waals surface area contributed by atoms with E-state index in [2.05, 4.69) is 35.9 Å². The van der Waals surface area contributed by atoms with E-state index in [9.17, 15) is 0 Å². The Kier molecular flexibility index (Phi) is 3.84. The van der Waals surface area contributed by atoms with Gasteiger partial charge in [-0.15, -0.1) is 0 Å². The van der Waals surface area contributed by atoms with Crippen LogP contribution in [0.2, 0.25) is 5.02 Å². The highest BCUT2D eigenvalue weighted by atomic mass is 35.5. The zero-order chi connectivity index (χ0) is 14.8. The van der Waals surface area contributed by atoms with Gasteiger partial charge in [-0.3, -0.25) is 0 Å². The van der Waals surface area contributed by atoms with Crippen molar-refractivity contribution in [1.82, 2.24) is 9.55 Å². The first-order valence-corrected chi connectivity index (χ1v) is 7.48. The third-order valence-electron chi connectivity index (χ3n) is 3.47. The molecule has 0 aliphatic carbocycles. The van der Waals surface area contributed by atoms with E-state index in [0.29, 0.717) is 12.6 Å². The SMILES string of the molecule is CC(C)n1c(CNc2ccccc2)nc2cc(Cl)ccc21. The summed E-state index contributed by atoms with van der Waals surface area (Å²) in [6, 6.07) is 16.4. The summed E-state index contributed by atoms with van der Waals surface area (Å²) in [5.41, 5.74) is 3.17. The zero-order valence-corrected chi connectivity index (χ0v) is 12.9. The molecule has 108 valence electrons. The number of halogens is 1. The van der Waals surface area contributed by atoms with Crippen molar-refractivity contribution >= 4 is 28.3 Å². The predicted octanol–water partition coefficient (Wildman–Crippen LogP) is 4.88. The average molecular weight is 300 g/mol. The van der Waals surface area contributed by atoms with Crippen molar-refractivity contribution in [1.29, 1.82) is 0 Å². The molecule has 3 rings (SSSR count). The van der Waals surface area contributed by atoms with Crippen molar-refractivity contribution in [2.45, 2.75) is 26.4 Å². The molecule has 2 aromatic carbocycles. The van der Waals surface area contributed by atoms with Crippen molar-refractivity contribution < 1.29 is 0 Å². The van der Waals surface area contributed by atoms with Gasteiger partial charge in [0, 0.05) is 16.8 Å². The van der Waals surface area contributed by atoms with Gasteiger partial charge in [-0.25, -0.2) is 4.98 Å². The summed E-state index contributed by atoms with van der Waals surface area (Å²) >= 11 is 6.07. The third kappa shape index (κ3) is 2.88. The monoisotopic (exact) mass is 299 g/mol. The summed E-state index contributed by atoms with van der Waals surface area (Å²) in [6.45, 7) is 5.03. The Morgan fingerprint density at radius 3 is 2.62 bits per heavy atom. The van der Waals surface area contributed by atoms with Crippen LogP contribution in [-0.2, 0) is 6.54 Å². The van der Waals surface area contributed by atoms with Crippen LogP contribution in [0.25, 0.3) is 11.0 Å². The lowest BCUT2D eigenvalue weighted by molar-refractivity contribution is 0.589. The van der Waals surface area contributed by atoms with Gasteiger partial charge >= 0.3 is 0 Å². The van der Waals surface area contributed by atoms with Crippen molar-refractivity contribution in [3.05, 3.63) is 59.4 Å². The molecule has 0 aliphatic heterocycles. The van der Waals surface area contributed by atoms with Crippen molar-refractivity contribution in [2.75, 3.05) is 5.32 Å². The van der Waals surface area contributed by atoms with Gasteiger partial charge in [0.2, 0.25) is 0 Å². The molecule has 0 radical (unpaired) electrons. The molecule has 3 aromatic rings. The van der Waals surface area contributed by atoms with Crippen LogP contribution in [0, 0.1) is 0 Å². The lowest BCUT2D eigenvalue weighted by Gasteiger charge is -2.14. The Labute approximate surface area is 129 Å². The summed E-state index contributed by atoms with van der Waals surface area (Å²) in [4.78, 5) is 4.73. The van der Waals surface area contributed by atoms with E-state index in [1.807, 2.05) is 36.4 Å². The molecule has 0 fully saturated rings. The highest BCUT2D eigenvalue weighted by Crippen LogP contribution is 2.24. The summed E-state index contributed by atoms with van der Waals surface area (Å²) in [7, 11) is 0. The highest BCUT2D eigenvalue weighted by Gasteiger charge is 2.13. The summed E-state index contributed by atoms with van der Waals surface area (Å²) < 4.78 is 2.25. The molecule has 21 heavy (non-hydrogen) atoms. The van der Waals surface area contributed by atoms with Crippen molar-refractivity contribution in [3.8, 4) is 0 Å². The van der Waals surface area contributed by atoms with Gasteiger partial charge in [-0.05, 0) is 44.2 Å². The topological polar surface area (TPSA) is 29.9 Å². The van der Waals surface area contributed by atoms with Gasteiger partial charge in [-0.1, -0.05) is 29.8 Å². The molecular weight excluding hydrogens is 282 g/mol. The van der Waals surface area contributed by atoms with E-state index >= 15 is 0 Å². The van der Waals surface area contributed by atoms with Gasteiger partial charge in [-0.2, -0.15) is 0 Å². The fraction of sp³-hybridized carbons (Fsp3) is 0.235. The molecule has 0 saturated heterocycles. The fourth-order valence-corrected chi connectivity index (χ4v) is 2.73.